The molecule has 1 unspecified atom stereocenters. The van der Waals surface area contributed by atoms with Gasteiger partial charge in [0.05, 0.1) is 18.6 Å². The lowest BCUT2D eigenvalue weighted by atomic mass is 10.3. The first-order valence-corrected chi connectivity index (χ1v) is 5.04. The molecule has 7 heteroatoms. The molecule has 0 bridgehead atoms. The van der Waals surface area contributed by atoms with Gasteiger partial charge in [-0.05, 0) is 29.6 Å². The van der Waals surface area contributed by atoms with Gasteiger partial charge >= 0.3 is 6.01 Å². The topological polar surface area (TPSA) is 71.7 Å². The SMILES string of the molecule is N#CC1C[C@@H]1COc1nc(Cl)nc(Cl)n1. The summed E-state index contributed by atoms with van der Waals surface area (Å²) in [6.07, 6.45) is 0.864. The normalized spacial score (nSPS) is 23.3. The quantitative estimate of drug-likeness (QED) is 0.810. The second kappa shape index (κ2) is 4.17. The van der Waals surface area contributed by atoms with Crippen LogP contribution in [-0.4, -0.2) is 21.6 Å². The molecular weight excluding hydrogens is 239 g/mol. The monoisotopic (exact) mass is 244 g/mol. The highest BCUT2D eigenvalue weighted by Crippen LogP contribution is 2.37. The molecule has 0 radical (unpaired) electrons. The molecule has 0 N–H and O–H groups in total. The Labute approximate surface area is 96.0 Å². The van der Waals surface area contributed by atoms with E-state index in [0.29, 0.717) is 6.61 Å². The summed E-state index contributed by atoms with van der Waals surface area (Å²) in [5.74, 6) is 0.363. The molecule has 0 spiro atoms. The van der Waals surface area contributed by atoms with Crippen molar-refractivity contribution in [3.63, 3.8) is 0 Å². The van der Waals surface area contributed by atoms with Crippen LogP contribution in [0.5, 0.6) is 6.01 Å². The first-order valence-electron chi connectivity index (χ1n) is 4.28. The molecule has 78 valence electrons. The van der Waals surface area contributed by atoms with Crippen molar-refractivity contribution >= 4 is 23.2 Å². The number of halogens is 2. The van der Waals surface area contributed by atoms with Crippen molar-refractivity contribution in [2.24, 2.45) is 11.8 Å². The van der Waals surface area contributed by atoms with Gasteiger partial charge in [0, 0.05) is 5.92 Å². The van der Waals surface area contributed by atoms with Gasteiger partial charge in [0.1, 0.15) is 0 Å². The number of nitriles is 1. The Hall–Kier alpha value is -1.12. The van der Waals surface area contributed by atoms with E-state index in [1.165, 1.54) is 0 Å². The average molecular weight is 245 g/mol. The zero-order valence-electron chi connectivity index (χ0n) is 7.52. The van der Waals surface area contributed by atoms with Crippen LogP contribution in [-0.2, 0) is 0 Å². The van der Waals surface area contributed by atoms with Crippen LogP contribution in [0.15, 0.2) is 0 Å². The van der Waals surface area contributed by atoms with Crippen molar-refractivity contribution in [1.82, 2.24) is 15.0 Å². The van der Waals surface area contributed by atoms with E-state index in [1.807, 2.05) is 0 Å². The fourth-order valence-electron chi connectivity index (χ4n) is 1.15. The van der Waals surface area contributed by atoms with Crippen molar-refractivity contribution in [2.45, 2.75) is 6.42 Å². The molecule has 2 rings (SSSR count). The predicted octanol–water partition coefficient (Wildman–Crippen LogP) is 1.72. The van der Waals surface area contributed by atoms with Gasteiger partial charge < -0.3 is 4.74 Å². The van der Waals surface area contributed by atoms with E-state index in [9.17, 15) is 0 Å². The van der Waals surface area contributed by atoms with Crippen LogP contribution in [0.25, 0.3) is 0 Å². The van der Waals surface area contributed by atoms with Crippen LogP contribution in [0.3, 0.4) is 0 Å². The summed E-state index contributed by atoms with van der Waals surface area (Å²) in [5, 5.41) is 8.57. The van der Waals surface area contributed by atoms with Crippen LogP contribution in [0.4, 0.5) is 0 Å². The third-order valence-electron chi connectivity index (χ3n) is 2.08. The van der Waals surface area contributed by atoms with E-state index >= 15 is 0 Å². The second-order valence-electron chi connectivity index (χ2n) is 3.20. The molecule has 15 heavy (non-hydrogen) atoms. The maximum Gasteiger partial charge on any atom is 0.322 e. The number of rotatable bonds is 3. The van der Waals surface area contributed by atoms with E-state index in [4.69, 9.17) is 33.2 Å². The highest BCUT2D eigenvalue weighted by molar-refractivity contribution is 6.31. The fourth-order valence-corrected chi connectivity index (χ4v) is 1.49. The Morgan fingerprint density at radius 3 is 2.53 bits per heavy atom. The molecular formula is C8H6Cl2N4O. The summed E-state index contributed by atoms with van der Waals surface area (Å²) >= 11 is 11.1. The summed E-state index contributed by atoms with van der Waals surface area (Å²) in [5.41, 5.74) is 0. The van der Waals surface area contributed by atoms with E-state index in [2.05, 4.69) is 21.0 Å². The lowest BCUT2D eigenvalue weighted by Crippen LogP contribution is -2.05. The van der Waals surface area contributed by atoms with E-state index in [1.54, 1.807) is 0 Å². The highest BCUT2D eigenvalue weighted by atomic mass is 35.5. The smallest absolute Gasteiger partial charge is 0.322 e. The maximum atomic E-state index is 8.57. The number of nitrogens with zero attached hydrogens (tertiary/aromatic N) is 4. The van der Waals surface area contributed by atoms with Crippen LogP contribution in [0.2, 0.25) is 10.6 Å². The van der Waals surface area contributed by atoms with Gasteiger partial charge in [0.15, 0.2) is 0 Å². The molecule has 0 aliphatic heterocycles. The molecule has 1 aromatic rings. The summed E-state index contributed by atoms with van der Waals surface area (Å²) in [6, 6.07) is 2.26. The number of hydrogen-bond acceptors (Lipinski definition) is 5. The Morgan fingerprint density at radius 2 is 2.00 bits per heavy atom. The van der Waals surface area contributed by atoms with Gasteiger partial charge in [-0.3, -0.25) is 0 Å². The molecule has 1 aromatic heterocycles. The van der Waals surface area contributed by atoms with Crippen LogP contribution in [0, 0.1) is 23.2 Å². The van der Waals surface area contributed by atoms with Crippen LogP contribution in [0.1, 0.15) is 6.42 Å². The minimum absolute atomic E-state index is 0.00219. The summed E-state index contributed by atoms with van der Waals surface area (Å²) in [6.45, 7) is 0.412. The minimum atomic E-state index is -0.00219. The third kappa shape index (κ3) is 2.67. The molecule has 1 saturated carbocycles. The average Bonchev–Trinajstić information content (AvgIpc) is 2.91. The van der Waals surface area contributed by atoms with Crippen molar-refractivity contribution < 1.29 is 4.74 Å². The van der Waals surface area contributed by atoms with Gasteiger partial charge in [0.2, 0.25) is 10.6 Å². The standard InChI is InChI=1S/C8H6Cl2N4O/c9-6-12-7(10)14-8(13-6)15-3-5-1-4(5)2-11/h4-5H,1,3H2/t4?,5-/m1/s1. The van der Waals surface area contributed by atoms with Crippen molar-refractivity contribution in [1.29, 1.82) is 5.26 Å². The Kier molecular flexibility index (Phi) is 2.89. The molecule has 1 fully saturated rings. The van der Waals surface area contributed by atoms with Gasteiger partial charge in [-0.1, -0.05) is 0 Å². The predicted molar refractivity (Wildman–Crippen MR) is 52.6 cm³/mol. The molecule has 2 atom stereocenters. The molecule has 1 aliphatic rings. The van der Waals surface area contributed by atoms with Crippen molar-refractivity contribution in [2.75, 3.05) is 6.61 Å². The van der Waals surface area contributed by atoms with Crippen LogP contribution < -0.4 is 4.74 Å². The molecule has 1 aliphatic carbocycles. The highest BCUT2D eigenvalue weighted by Gasteiger charge is 2.38. The van der Waals surface area contributed by atoms with E-state index < -0.39 is 0 Å². The maximum absolute atomic E-state index is 8.57. The van der Waals surface area contributed by atoms with E-state index in [0.717, 1.165) is 6.42 Å². The van der Waals surface area contributed by atoms with Gasteiger partial charge in [-0.2, -0.15) is 20.2 Å². The minimum Gasteiger partial charge on any atom is -0.463 e. The lowest BCUT2D eigenvalue weighted by molar-refractivity contribution is 0.272. The number of aromatic nitrogens is 3. The first kappa shape index (κ1) is 10.4. The van der Waals surface area contributed by atoms with Crippen molar-refractivity contribution in [3.05, 3.63) is 10.6 Å². The van der Waals surface area contributed by atoms with Gasteiger partial charge in [-0.25, -0.2) is 0 Å². The molecule has 0 amide bonds. The summed E-state index contributed by atoms with van der Waals surface area (Å²) < 4.78 is 5.24. The number of ether oxygens (including phenoxy) is 1. The van der Waals surface area contributed by atoms with Gasteiger partial charge in [0.25, 0.3) is 0 Å². The van der Waals surface area contributed by atoms with Crippen molar-refractivity contribution in [3.8, 4) is 12.1 Å². The van der Waals surface area contributed by atoms with Gasteiger partial charge in [-0.15, -0.1) is 0 Å². The second-order valence-corrected chi connectivity index (χ2v) is 3.87. The molecule has 0 saturated heterocycles. The third-order valence-corrected chi connectivity index (χ3v) is 2.41. The Bertz CT molecular complexity index is 399. The Balaban J connectivity index is 1.92. The summed E-state index contributed by atoms with van der Waals surface area (Å²) in [7, 11) is 0. The molecule has 5 nitrogen and oxygen atoms in total. The molecule has 1 heterocycles. The lowest BCUT2D eigenvalue weighted by Gasteiger charge is -2.02. The van der Waals surface area contributed by atoms with Crippen LogP contribution >= 0.6 is 23.2 Å². The largest absolute Gasteiger partial charge is 0.463 e. The number of hydrogen-bond donors (Lipinski definition) is 0. The zero-order chi connectivity index (χ0) is 10.8. The zero-order valence-corrected chi connectivity index (χ0v) is 9.03. The van der Waals surface area contributed by atoms with E-state index in [-0.39, 0.29) is 28.4 Å². The Morgan fingerprint density at radius 1 is 1.33 bits per heavy atom. The summed E-state index contributed by atoms with van der Waals surface area (Å²) in [4.78, 5) is 11.1. The first-order chi connectivity index (χ1) is 7.19. The molecule has 0 aromatic carbocycles. The fraction of sp³-hybridized carbons (Fsp3) is 0.500.